The molecule has 0 aromatic heterocycles. The van der Waals surface area contributed by atoms with E-state index in [9.17, 15) is 4.79 Å². The lowest BCUT2D eigenvalue weighted by atomic mass is 9.93. The second-order valence-corrected chi connectivity index (χ2v) is 4.37. The fourth-order valence-corrected chi connectivity index (χ4v) is 2.44. The molecule has 87 valence electrons. The summed E-state index contributed by atoms with van der Waals surface area (Å²) in [4.78, 5) is 12.2. The number of Topliss-reactive ketones (excluding diaryl/α,β-unsaturated/α-hetero) is 1. The van der Waals surface area contributed by atoms with Gasteiger partial charge in [-0.05, 0) is 34.5 Å². The number of hydrogen-bond donors (Lipinski definition) is 0. The minimum absolute atomic E-state index is 0.1000. The first-order chi connectivity index (χ1) is 8.81. The molecular weight excluding hydrogens is 220 g/mol. The Labute approximate surface area is 106 Å². The molecule has 0 aliphatic carbocycles. The maximum absolute atomic E-state index is 12.2. The van der Waals surface area contributed by atoms with Gasteiger partial charge in [0.1, 0.15) is 0 Å². The summed E-state index contributed by atoms with van der Waals surface area (Å²) in [6.07, 6.45) is 0.290. The van der Waals surface area contributed by atoms with Crippen molar-refractivity contribution in [3.8, 4) is 0 Å². The van der Waals surface area contributed by atoms with Crippen LogP contribution in [0.3, 0.4) is 0 Å². The topological polar surface area (TPSA) is 17.1 Å². The van der Waals surface area contributed by atoms with Crippen LogP contribution in [0.2, 0.25) is 0 Å². The average molecular weight is 233 g/mol. The number of hydrogen-bond acceptors (Lipinski definition) is 1. The fraction of sp³-hybridized carbons (Fsp3) is 0.0588. The van der Waals surface area contributed by atoms with E-state index in [1.807, 2.05) is 48.5 Å². The minimum atomic E-state index is 0.1000. The quantitative estimate of drug-likeness (QED) is 0.473. The molecule has 0 saturated carbocycles. The van der Waals surface area contributed by atoms with Gasteiger partial charge in [0.15, 0.2) is 5.78 Å². The van der Waals surface area contributed by atoms with E-state index in [1.54, 1.807) is 0 Å². The van der Waals surface area contributed by atoms with Gasteiger partial charge < -0.3 is 0 Å². The van der Waals surface area contributed by atoms with Crippen molar-refractivity contribution in [1.82, 2.24) is 0 Å². The van der Waals surface area contributed by atoms with Crippen LogP contribution in [0, 0.1) is 6.92 Å². The highest BCUT2D eigenvalue weighted by molar-refractivity contribution is 6.18. The Bertz CT molecular complexity index is 687. The Morgan fingerprint density at radius 2 is 1.39 bits per heavy atom. The third-order valence-corrected chi connectivity index (χ3v) is 3.28. The highest BCUT2D eigenvalue weighted by Gasteiger charge is 2.12. The molecule has 0 heterocycles. The number of rotatable bonds is 2. The van der Waals surface area contributed by atoms with Gasteiger partial charge in [-0.25, -0.2) is 0 Å². The molecule has 0 saturated heterocycles. The molecule has 0 atom stereocenters. The first-order valence-corrected chi connectivity index (χ1v) is 6.04. The first-order valence-electron chi connectivity index (χ1n) is 6.04. The Morgan fingerprint density at radius 3 is 1.89 bits per heavy atom. The van der Waals surface area contributed by atoms with Crippen molar-refractivity contribution in [2.45, 2.75) is 6.42 Å². The molecular formula is C17H13O. The summed E-state index contributed by atoms with van der Waals surface area (Å²) in [5, 5.41) is 4.25. The largest absolute Gasteiger partial charge is 0.294 e. The molecule has 0 spiro atoms. The maximum Gasteiger partial charge on any atom is 0.164 e. The van der Waals surface area contributed by atoms with Crippen molar-refractivity contribution < 1.29 is 4.79 Å². The number of carbonyl (C=O) groups excluding carboxylic acids is 1. The van der Waals surface area contributed by atoms with Crippen LogP contribution < -0.4 is 0 Å². The lowest BCUT2D eigenvalue weighted by molar-refractivity contribution is 0.0998. The van der Waals surface area contributed by atoms with Crippen LogP contribution in [0.25, 0.3) is 21.5 Å². The standard InChI is InChI=1S/C17H13O/c1-2-16(18)17-14-9-5-3-7-12(14)11-13-8-4-6-10-15(13)17/h3-11H,1-2H2. The lowest BCUT2D eigenvalue weighted by Crippen LogP contribution is -1.99. The second-order valence-electron chi connectivity index (χ2n) is 4.37. The predicted octanol–water partition coefficient (Wildman–Crippen LogP) is 4.40. The average Bonchev–Trinajstić information content (AvgIpc) is 2.44. The van der Waals surface area contributed by atoms with Gasteiger partial charge in [0.05, 0.1) is 0 Å². The van der Waals surface area contributed by atoms with E-state index in [0.29, 0.717) is 0 Å². The highest BCUT2D eigenvalue weighted by atomic mass is 16.1. The van der Waals surface area contributed by atoms with Gasteiger partial charge in [-0.15, -0.1) is 0 Å². The summed E-state index contributed by atoms with van der Waals surface area (Å²) in [6, 6.07) is 18.2. The Hall–Kier alpha value is -2.15. The normalized spacial score (nSPS) is 10.9. The predicted molar refractivity (Wildman–Crippen MR) is 75.8 cm³/mol. The van der Waals surface area contributed by atoms with Crippen LogP contribution in [0.1, 0.15) is 16.8 Å². The Kier molecular flexibility index (Phi) is 2.60. The second kappa shape index (κ2) is 4.26. The van der Waals surface area contributed by atoms with E-state index in [-0.39, 0.29) is 12.2 Å². The van der Waals surface area contributed by atoms with E-state index in [2.05, 4.69) is 13.0 Å². The molecule has 1 radical (unpaired) electrons. The zero-order chi connectivity index (χ0) is 12.5. The van der Waals surface area contributed by atoms with E-state index in [1.165, 1.54) is 0 Å². The number of benzene rings is 3. The molecule has 0 amide bonds. The van der Waals surface area contributed by atoms with Crippen LogP contribution in [0.4, 0.5) is 0 Å². The van der Waals surface area contributed by atoms with Crippen molar-refractivity contribution in [1.29, 1.82) is 0 Å². The van der Waals surface area contributed by atoms with Crippen molar-refractivity contribution in [2.75, 3.05) is 0 Å². The lowest BCUT2D eigenvalue weighted by Gasteiger charge is -2.09. The Balaban J connectivity index is 2.53. The summed E-state index contributed by atoms with van der Waals surface area (Å²) in [6.45, 7) is 3.73. The molecule has 18 heavy (non-hydrogen) atoms. The first kappa shape index (κ1) is 11.0. The molecule has 3 aromatic rings. The van der Waals surface area contributed by atoms with Gasteiger partial charge in [0, 0.05) is 12.0 Å². The van der Waals surface area contributed by atoms with Crippen LogP contribution in [-0.4, -0.2) is 5.78 Å². The summed E-state index contributed by atoms with van der Waals surface area (Å²) >= 11 is 0. The van der Waals surface area contributed by atoms with Crippen LogP contribution in [-0.2, 0) is 0 Å². The maximum atomic E-state index is 12.2. The smallest absolute Gasteiger partial charge is 0.164 e. The van der Waals surface area contributed by atoms with E-state index >= 15 is 0 Å². The minimum Gasteiger partial charge on any atom is -0.294 e. The molecule has 3 rings (SSSR count). The summed E-state index contributed by atoms with van der Waals surface area (Å²) in [7, 11) is 0. The fourth-order valence-electron chi connectivity index (χ4n) is 2.44. The van der Waals surface area contributed by atoms with Gasteiger partial charge in [-0.3, -0.25) is 4.79 Å². The van der Waals surface area contributed by atoms with Gasteiger partial charge >= 0.3 is 0 Å². The van der Waals surface area contributed by atoms with Crippen molar-refractivity contribution in [3.05, 3.63) is 67.1 Å². The summed E-state index contributed by atoms with van der Waals surface area (Å²) in [5.41, 5.74) is 0.804. The number of carbonyl (C=O) groups is 1. The van der Waals surface area contributed by atoms with Crippen LogP contribution >= 0.6 is 0 Å². The molecule has 1 nitrogen and oxygen atoms in total. The monoisotopic (exact) mass is 233 g/mol. The van der Waals surface area contributed by atoms with E-state index in [4.69, 9.17) is 0 Å². The molecule has 0 fully saturated rings. The van der Waals surface area contributed by atoms with E-state index < -0.39 is 0 Å². The van der Waals surface area contributed by atoms with Gasteiger partial charge in [0.25, 0.3) is 0 Å². The Morgan fingerprint density at radius 1 is 0.889 bits per heavy atom. The van der Waals surface area contributed by atoms with Gasteiger partial charge in [-0.1, -0.05) is 48.5 Å². The summed E-state index contributed by atoms with van der Waals surface area (Å²) < 4.78 is 0. The molecule has 0 bridgehead atoms. The zero-order valence-electron chi connectivity index (χ0n) is 10.0. The number of fused-ring (bicyclic) bond motifs is 2. The molecule has 0 aliphatic rings. The van der Waals surface area contributed by atoms with Crippen molar-refractivity contribution in [2.24, 2.45) is 0 Å². The van der Waals surface area contributed by atoms with Crippen molar-refractivity contribution in [3.63, 3.8) is 0 Å². The highest BCUT2D eigenvalue weighted by Crippen LogP contribution is 2.29. The number of ketones is 1. The van der Waals surface area contributed by atoms with Crippen molar-refractivity contribution >= 4 is 27.3 Å². The molecule has 0 aliphatic heterocycles. The van der Waals surface area contributed by atoms with Gasteiger partial charge in [0.2, 0.25) is 0 Å². The molecule has 1 heteroatoms. The van der Waals surface area contributed by atoms with Crippen LogP contribution in [0.15, 0.2) is 54.6 Å². The van der Waals surface area contributed by atoms with E-state index in [0.717, 1.165) is 27.1 Å². The van der Waals surface area contributed by atoms with Gasteiger partial charge in [-0.2, -0.15) is 0 Å². The third kappa shape index (κ3) is 1.60. The third-order valence-electron chi connectivity index (χ3n) is 3.28. The van der Waals surface area contributed by atoms with Crippen LogP contribution in [0.5, 0.6) is 0 Å². The summed E-state index contributed by atoms with van der Waals surface area (Å²) in [5.74, 6) is 0.1000. The zero-order valence-corrected chi connectivity index (χ0v) is 10.0. The molecule has 0 unspecified atom stereocenters. The molecule has 0 N–H and O–H groups in total. The molecule has 3 aromatic carbocycles. The SMILES string of the molecule is [CH2]CC(=O)c1c2ccccc2cc2ccccc12.